The largest absolute Gasteiger partial charge is 0.481 e. The van der Waals surface area contributed by atoms with Crippen molar-refractivity contribution in [2.45, 2.75) is 0 Å². The summed E-state index contributed by atoms with van der Waals surface area (Å²) in [5, 5.41) is 2.73. The highest BCUT2D eigenvalue weighted by atomic mass is 19.1. The summed E-state index contributed by atoms with van der Waals surface area (Å²) in [4.78, 5) is 27.7. The van der Waals surface area contributed by atoms with E-state index in [4.69, 9.17) is 9.47 Å². The number of rotatable bonds is 7. The molecule has 7 nitrogen and oxygen atoms in total. The number of hydrogen-bond acceptors (Lipinski definition) is 5. The van der Waals surface area contributed by atoms with Crippen molar-refractivity contribution in [3.63, 3.8) is 0 Å². The fourth-order valence-electron chi connectivity index (χ4n) is 2.92. The number of likely N-dealkylation sites (N-methyl/N-ethyl adjacent to an activating group) is 1. The zero-order valence-electron chi connectivity index (χ0n) is 16.6. The second-order valence-corrected chi connectivity index (χ2v) is 6.81. The highest BCUT2D eigenvalue weighted by Crippen LogP contribution is 2.19. The fourth-order valence-corrected chi connectivity index (χ4v) is 2.92. The van der Waals surface area contributed by atoms with Gasteiger partial charge in [0, 0.05) is 37.6 Å². The van der Waals surface area contributed by atoms with Crippen molar-refractivity contribution in [2.75, 3.05) is 56.7 Å². The summed E-state index contributed by atoms with van der Waals surface area (Å²) in [6.07, 6.45) is 0. The molecular weight excluding hydrogens is 396 g/mol. The molecule has 2 amide bonds. The number of carbonyl (C=O) groups excluding carboxylic acids is 2. The van der Waals surface area contributed by atoms with Crippen LogP contribution in [0, 0.1) is 11.6 Å². The Morgan fingerprint density at radius 2 is 1.83 bits per heavy atom. The molecule has 0 aliphatic carbocycles. The van der Waals surface area contributed by atoms with Gasteiger partial charge in [0.25, 0.3) is 5.91 Å². The van der Waals surface area contributed by atoms with Crippen LogP contribution in [-0.4, -0.2) is 63.2 Å². The van der Waals surface area contributed by atoms with Gasteiger partial charge in [0.05, 0.1) is 19.8 Å². The third-order valence-electron chi connectivity index (χ3n) is 4.58. The van der Waals surface area contributed by atoms with Crippen molar-refractivity contribution >= 4 is 23.2 Å². The minimum absolute atomic E-state index is 0.195. The normalized spacial score (nSPS) is 13.6. The molecule has 2 aromatic rings. The molecule has 0 radical (unpaired) electrons. The molecule has 0 atom stereocenters. The first-order chi connectivity index (χ1) is 14.4. The first-order valence-electron chi connectivity index (χ1n) is 9.47. The molecule has 1 heterocycles. The van der Waals surface area contributed by atoms with Crippen LogP contribution in [0.3, 0.4) is 0 Å². The summed E-state index contributed by atoms with van der Waals surface area (Å²) >= 11 is 0. The average molecular weight is 419 g/mol. The van der Waals surface area contributed by atoms with Crippen LogP contribution in [-0.2, 0) is 14.3 Å². The average Bonchev–Trinajstić information content (AvgIpc) is 2.74. The van der Waals surface area contributed by atoms with Crippen LogP contribution in [0.5, 0.6) is 5.75 Å². The molecular formula is C21H23F2N3O4. The van der Waals surface area contributed by atoms with Gasteiger partial charge in [0.2, 0.25) is 5.91 Å². The number of nitrogens with zero attached hydrogens (tertiary/aromatic N) is 2. The minimum Gasteiger partial charge on any atom is -0.481 e. The molecule has 30 heavy (non-hydrogen) atoms. The van der Waals surface area contributed by atoms with Crippen LogP contribution in [0.4, 0.5) is 20.2 Å². The van der Waals surface area contributed by atoms with E-state index in [9.17, 15) is 18.4 Å². The van der Waals surface area contributed by atoms with Gasteiger partial charge in [-0.25, -0.2) is 8.78 Å². The summed E-state index contributed by atoms with van der Waals surface area (Å²) in [5.41, 5.74) is 1.66. The van der Waals surface area contributed by atoms with E-state index in [-0.39, 0.29) is 18.2 Å². The van der Waals surface area contributed by atoms with Gasteiger partial charge < -0.3 is 24.6 Å². The van der Waals surface area contributed by atoms with Gasteiger partial charge in [-0.3, -0.25) is 9.59 Å². The molecule has 1 N–H and O–H groups in total. The lowest BCUT2D eigenvalue weighted by Gasteiger charge is -2.28. The summed E-state index contributed by atoms with van der Waals surface area (Å²) in [7, 11) is 1.44. The highest BCUT2D eigenvalue weighted by Gasteiger charge is 2.16. The standard InChI is InChI=1S/C21H23F2N3O4/c1-25(21(28)14-30-19-7-2-15(22)12-18(19)23)13-20(27)24-16-3-5-17(6-4-16)26-8-10-29-11-9-26/h2-7,12H,8-11,13-14H2,1H3,(H,24,27). The zero-order valence-corrected chi connectivity index (χ0v) is 16.6. The molecule has 1 aliphatic heterocycles. The van der Waals surface area contributed by atoms with Crippen LogP contribution in [0.2, 0.25) is 0 Å². The van der Waals surface area contributed by atoms with Gasteiger partial charge >= 0.3 is 0 Å². The number of hydrogen-bond donors (Lipinski definition) is 1. The Bertz CT molecular complexity index is 886. The van der Waals surface area contributed by atoms with E-state index in [1.807, 2.05) is 12.1 Å². The van der Waals surface area contributed by atoms with Crippen molar-refractivity contribution in [3.05, 3.63) is 54.1 Å². The number of benzene rings is 2. The first kappa shape index (κ1) is 21.5. The van der Waals surface area contributed by atoms with E-state index < -0.39 is 24.1 Å². The molecule has 0 unspecified atom stereocenters. The number of carbonyl (C=O) groups is 2. The van der Waals surface area contributed by atoms with Crippen LogP contribution in [0.15, 0.2) is 42.5 Å². The minimum atomic E-state index is -0.899. The molecule has 160 valence electrons. The van der Waals surface area contributed by atoms with Gasteiger partial charge in [-0.1, -0.05) is 0 Å². The number of halogens is 2. The molecule has 1 aliphatic rings. The Morgan fingerprint density at radius 1 is 1.13 bits per heavy atom. The van der Waals surface area contributed by atoms with Crippen LogP contribution in [0.1, 0.15) is 0 Å². The van der Waals surface area contributed by atoms with E-state index in [2.05, 4.69) is 10.2 Å². The Morgan fingerprint density at radius 3 is 2.50 bits per heavy atom. The van der Waals surface area contributed by atoms with Crippen molar-refractivity contribution in [2.24, 2.45) is 0 Å². The lowest BCUT2D eigenvalue weighted by atomic mass is 10.2. The summed E-state index contributed by atoms with van der Waals surface area (Å²) in [6.45, 7) is 2.36. The fraction of sp³-hybridized carbons (Fsp3) is 0.333. The van der Waals surface area contributed by atoms with Crippen molar-refractivity contribution in [1.82, 2.24) is 4.90 Å². The predicted molar refractivity (Wildman–Crippen MR) is 108 cm³/mol. The van der Waals surface area contributed by atoms with Crippen molar-refractivity contribution < 1.29 is 27.8 Å². The summed E-state index contributed by atoms with van der Waals surface area (Å²) in [5.74, 6) is -2.76. The molecule has 2 aromatic carbocycles. The molecule has 0 bridgehead atoms. The van der Waals surface area contributed by atoms with Gasteiger partial charge in [0.15, 0.2) is 18.2 Å². The van der Waals surface area contributed by atoms with E-state index in [1.54, 1.807) is 12.1 Å². The van der Waals surface area contributed by atoms with E-state index >= 15 is 0 Å². The second-order valence-electron chi connectivity index (χ2n) is 6.81. The Hall–Kier alpha value is -3.20. The first-order valence-corrected chi connectivity index (χ1v) is 9.47. The van der Waals surface area contributed by atoms with Crippen molar-refractivity contribution in [1.29, 1.82) is 0 Å². The Kier molecular flexibility index (Phi) is 7.18. The van der Waals surface area contributed by atoms with Gasteiger partial charge in [-0.15, -0.1) is 0 Å². The lowest BCUT2D eigenvalue weighted by Crippen LogP contribution is -2.37. The zero-order chi connectivity index (χ0) is 21.5. The number of amides is 2. The van der Waals surface area contributed by atoms with E-state index in [0.717, 1.165) is 30.9 Å². The van der Waals surface area contributed by atoms with E-state index in [0.29, 0.717) is 25.0 Å². The van der Waals surface area contributed by atoms with Crippen molar-refractivity contribution in [3.8, 4) is 5.75 Å². The second kappa shape index (κ2) is 10.0. The molecule has 3 rings (SSSR count). The third-order valence-corrected chi connectivity index (χ3v) is 4.58. The van der Waals surface area contributed by atoms with Crippen LogP contribution >= 0.6 is 0 Å². The highest BCUT2D eigenvalue weighted by molar-refractivity contribution is 5.94. The van der Waals surface area contributed by atoms with Gasteiger partial charge in [-0.2, -0.15) is 0 Å². The topological polar surface area (TPSA) is 71.1 Å². The van der Waals surface area contributed by atoms with Gasteiger partial charge in [-0.05, 0) is 36.4 Å². The Balaban J connectivity index is 1.45. The molecule has 0 aromatic heterocycles. The monoisotopic (exact) mass is 419 g/mol. The molecule has 0 spiro atoms. The number of morpholine rings is 1. The number of nitrogens with one attached hydrogen (secondary N) is 1. The smallest absolute Gasteiger partial charge is 0.260 e. The molecule has 9 heteroatoms. The maximum absolute atomic E-state index is 13.5. The SMILES string of the molecule is CN(CC(=O)Nc1ccc(N2CCOCC2)cc1)C(=O)COc1ccc(F)cc1F. The number of anilines is 2. The maximum Gasteiger partial charge on any atom is 0.260 e. The van der Waals surface area contributed by atoms with Gasteiger partial charge in [0.1, 0.15) is 5.82 Å². The molecule has 1 fully saturated rings. The van der Waals surface area contributed by atoms with Crippen LogP contribution < -0.4 is 15.0 Å². The summed E-state index contributed by atoms with van der Waals surface area (Å²) < 4.78 is 36.8. The Labute approximate surface area is 173 Å². The lowest BCUT2D eigenvalue weighted by molar-refractivity contribution is -0.135. The maximum atomic E-state index is 13.5. The summed E-state index contributed by atoms with van der Waals surface area (Å²) in [6, 6.07) is 10.2. The predicted octanol–water partition coefficient (Wildman–Crippen LogP) is 2.28. The number of ether oxygens (including phenoxy) is 2. The van der Waals surface area contributed by atoms with Crippen LogP contribution in [0.25, 0.3) is 0 Å². The third kappa shape index (κ3) is 5.90. The molecule has 1 saturated heterocycles. The van der Waals surface area contributed by atoms with E-state index in [1.165, 1.54) is 11.9 Å². The molecule has 0 saturated carbocycles. The quantitative estimate of drug-likeness (QED) is 0.746.